The van der Waals surface area contributed by atoms with Crippen molar-refractivity contribution in [2.75, 3.05) is 27.2 Å². The maximum atomic E-state index is 13.3. The van der Waals surface area contributed by atoms with E-state index < -0.39 is 0 Å². The third-order valence-corrected chi connectivity index (χ3v) is 3.49. The smallest absolute Gasteiger partial charge is 0.307 e. The minimum absolute atomic E-state index is 0.244. The lowest BCUT2D eigenvalue weighted by Gasteiger charge is -2.11. The van der Waals surface area contributed by atoms with E-state index in [1.54, 1.807) is 13.1 Å². The Balaban J connectivity index is 1.82. The summed E-state index contributed by atoms with van der Waals surface area (Å²) in [6.45, 7) is 1.09. The number of carbonyl (C=O) groups excluding carboxylic acids is 1. The van der Waals surface area contributed by atoms with Gasteiger partial charge < -0.3 is 20.4 Å². The number of fused-ring (bicyclic) bond motifs is 1. The zero-order valence-corrected chi connectivity index (χ0v) is 13.3. The van der Waals surface area contributed by atoms with Crippen molar-refractivity contribution < 1.29 is 13.9 Å². The van der Waals surface area contributed by atoms with Gasteiger partial charge >= 0.3 is 5.97 Å². The molecular weight excluding hydrogens is 299 g/mol. The minimum Gasteiger partial charge on any atom is -0.469 e. The second-order valence-corrected chi connectivity index (χ2v) is 5.01. The number of esters is 1. The standard InChI is InChI=1S/C16H21FN4O2/c1-18-16(20-8-6-15(22)23-2)19-7-5-11-10-21-14-4-3-12(17)9-13(11)14/h3-4,9-10,21H,5-8H2,1-2H3,(H2,18,19,20). The zero-order chi connectivity index (χ0) is 16.7. The van der Waals surface area contributed by atoms with Crippen LogP contribution >= 0.6 is 0 Å². The first-order valence-corrected chi connectivity index (χ1v) is 7.41. The molecule has 0 amide bonds. The van der Waals surface area contributed by atoms with Crippen molar-refractivity contribution in [3.63, 3.8) is 0 Å². The molecule has 1 aromatic carbocycles. The van der Waals surface area contributed by atoms with E-state index in [1.807, 2.05) is 6.20 Å². The van der Waals surface area contributed by atoms with Crippen molar-refractivity contribution in [1.82, 2.24) is 15.6 Å². The molecule has 0 saturated heterocycles. The highest BCUT2D eigenvalue weighted by Crippen LogP contribution is 2.19. The number of methoxy groups -OCH3 is 1. The van der Waals surface area contributed by atoms with Gasteiger partial charge in [-0.25, -0.2) is 4.39 Å². The average molecular weight is 320 g/mol. The van der Waals surface area contributed by atoms with E-state index in [1.165, 1.54) is 19.2 Å². The van der Waals surface area contributed by atoms with Crippen LogP contribution in [0.4, 0.5) is 4.39 Å². The van der Waals surface area contributed by atoms with E-state index in [0.717, 1.165) is 22.9 Å². The topological polar surface area (TPSA) is 78.5 Å². The molecule has 2 rings (SSSR count). The summed E-state index contributed by atoms with van der Waals surface area (Å²) in [5, 5.41) is 7.08. The van der Waals surface area contributed by atoms with Crippen LogP contribution in [0, 0.1) is 5.82 Å². The van der Waals surface area contributed by atoms with Crippen molar-refractivity contribution in [1.29, 1.82) is 0 Å². The first-order valence-electron chi connectivity index (χ1n) is 7.41. The summed E-state index contributed by atoms with van der Waals surface area (Å²) >= 11 is 0. The molecule has 2 aromatic rings. The predicted molar refractivity (Wildman–Crippen MR) is 88.0 cm³/mol. The SMILES string of the molecule is CN=C(NCCC(=O)OC)NCCc1c[nH]c2ccc(F)cc12. The molecule has 0 fully saturated rings. The van der Waals surface area contributed by atoms with Gasteiger partial charge in [0.2, 0.25) is 0 Å². The monoisotopic (exact) mass is 320 g/mol. The first kappa shape index (κ1) is 16.8. The summed E-state index contributed by atoms with van der Waals surface area (Å²) in [5.74, 6) is 0.0975. The highest BCUT2D eigenvalue weighted by Gasteiger charge is 2.06. The Bertz CT molecular complexity index is 696. The molecule has 1 heterocycles. The number of ether oxygens (including phenoxy) is 1. The largest absolute Gasteiger partial charge is 0.469 e. The Morgan fingerprint density at radius 2 is 2.13 bits per heavy atom. The Morgan fingerprint density at radius 3 is 2.87 bits per heavy atom. The number of hydrogen-bond donors (Lipinski definition) is 3. The number of aromatic nitrogens is 1. The van der Waals surface area contributed by atoms with Gasteiger partial charge in [0.25, 0.3) is 0 Å². The van der Waals surface area contributed by atoms with Crippen LogP contribution in [-0.4, -0.2) is 44.2 Å². The number of benzene rings is 1. The summed E-state index contributed by atoms with van der Waals surface area (Å²) in [6.07, 6.45) is 2.89. The quantitative estimate of drug-likeness (QED) is 0.429. The maximum Gasteiger partial charge on any atom is 0.307 e. The molecule has 0 aliphatic carbocycles. The predicted octanol–water partition coefficient (Wildman–Crippen LogP) is 1.58. The summed E-state index contributed by atoms with van der Waals surface area (Å²) in [5.41, 5.74) is 1.96. The Kier molecular flexibility index (Phi) is 5.96. The van der Waals surface area contributed by atoms with Gasteiger partial charge in [-0.1, -0.05) is 0 Å². The van der Waals surface area contributed by atoms with Crippen molar-refractivity contribution in [3.05, 3.63) is 35.8 Å². The molecule has 0 aliphatic heterocycles. The zero-order valence-electron chi connectivity index (χ0n) is 13.3. The lowest BCUT2D eigenvalue weighted by atomic mass is 10.1. The number of guanidine groups is 1. The molecule has 23 heavy (non-hydrogen) atoms. The fourth-order valence-corrected chi connectivity index (χ4v) is 2.28. The summed E-state index contributed by atoms with van der Waals surface area (Å²) < 4.78 is 17.9. The van der Waals surface area contributed by atoms with E-state index in [9.17, 15) is 9.18 Å². The molecule has 0 saturated carbocycles. The van der Waals surface area contributed by atoms with E-state index in [0.29, 0.717) is 19.0 Å². The second kappa shape index (κ2) is 8.17. The average Bonchev–Trinajstić information content (AvgIpc) is 2.95. The van der Waals surface area contributed by atoms with Gasteiger partial charge in [0.1, 0.15) is 5.82 Å². The second-order valence-electron chi connectivity index (χ2n) is 5.01. The third-order valence-electron chi connectivity index (χ3n) is 3.49. The fourth-order valence-electron chi connectivity index (χ4n) is 2.28. The fraction of sp³-hybridized carbons (Fsp3) is 0.375. The number of carbonyl (C=O) groups is 1. The Hall–Kier alpha value is -2.57. The molecule has 6 nitrogen and oxygen atoms in total. The summed E-state index contributed by atoms with van der Waals surface area (Å²) in [6, 6.07) is 4.70. The summed E-state index contributed by atoms with van der Waals surface area (Å²) in [4.78, 5) is 18.3. The van der Waals surface area contributed by atoms with Gasteiger partial charge in [-0.05, 0) is 30.2 Å². The van der Waals surface area contributed by atoms with Crippen LogP contribution in [0.25, 0.3) is 10.9 Å². The van der Waals surface area contributed by atoms with Gasteiger partial charge in [-0.3, -0.25) is 9.79 Å². The van der Waals surface area contributed by atoms with Gasteiger partial charge in [0.15, 0.2) is 5.96 Å². The molecule has 0 aliphatic rings. The number of halogens is 1. The highest BCUT2D eigenvalue weighted by molar-refractivity contribution is 5.83. The van der Waals surface area contributed by atoms with Crippen LogP contribution in [0.15, 0.2) is 29.4 Å². The minimum atomic E-state index is -0.270. The van der Waals surface area contributed by atoms with Crippen LogP contribution in [0.1, 0.15) is 12.0 Å². The van der Waals surface area contributed by atoms with E-state index >= 15 is 0 Å². The van der Waals surface area contributed by atoms with Crippen LogP contribution in [0.5, 0.6) is 0 Å². The molecular formula is C16H21FN4O2. The van der Waals surface area contributed by atoms with Crippen LogP contribution in [0.3, 0.4) is 0 Å². The molecule has 0 unspecified atom stereocenters. The lowest BCUT2D eigenvalue weighted by Crippen LogP contribution is -2.39. The van der Waals surface area contributed by atoms with Gasteiger partial charge in [-0.2, -0.15) is 0 Å². The van der Waals surface area contributed by atoms with Crippen molar-refractivity contribution in [2.24, 2.45) is 4.99 Å². The molecule has 0 radical (unpaired) electrons. The van der Waals surface area contributed by atoms with E-state index in [4.69, 9.17) is 0 Å². The normalized spacial score (nSPS) is 11.5. The van der Waals surface area contributed by atoms with Crippen LogP contribution in [0.2, 0.25) is 0 Å². The lowest BCUT2D eigenvalue weighted by molar-refractivity contribution is -0.140. The number of aromatic amines is 1. The number of nitrogens with one attached hydrogen (secondary N) is 3. The molecule has 0 spiro atoms. The Labute approximate surface area is 134 Å². The van der Waals surface area contributed by atoms with Crippen LogP contribution in [-0.2, 0) is 16.0 Å². The first-order chi connectivity index (χ1) is 11.1. The van der Waals surface area contributed by atoms with E-state index in [-0.39, 0.29) is 18.2 Å². The number of nitrogens with zero attached hydrogens (tertiary/aromatic N) is 1. The van der Waals surface area contributed by atoms with Gasteiger partial charge in [0, 0.05) is 37.2 Å². The van der Waals surface area contributed by atoms with Crippen molar-refractivity contribution in [3.8, 4) is 0 Å². The summed E-state index contributed by atoms with van der Waals surface area (Å²) in [7, 11) is 3.02. The van der Waals surface area contributed by atoms with Crippen molar-refractivity contribution >= 4 is 22.8 Å². The van der Waals surface area contributed by atoms with Crippen LogP contribution < -0.4 is 10.6 Å². The highest BCUT2D eigenvalue weighted by atomic mass is 19.1. The van der Waals surface area contributed by atoms with Gasteiger partial charge in [-0.15, -0.1) is 0 Å². The number of hydrogen-bond acceptors (Lipinski definition) is 3. The molecule has 0 bridgehead atoms. The Morgan fingerprint density at radius 1 is 1.35 bits per heavy atom. The van der Waals surface area contributed by atoms with Gasteiger partial charge in [0.05, 0.1) is 13.5 Å². The molecule has 124 valence electrons. The molecule has 3 N–H and O–H groups in total. The number of rotatable bonds is 6. The third kappa shape index (κ3) is 4.70. The number of aliphatic imine (C=N–C) groups is 1. The maximum absolute atomic E-state index is 13.3. The molecule has 0 atom stereocenters. The van der Waals surface area contributed by atoms with Crippen molar-refractivity contribution in [2.45, 2.75) is 12.8 Å². The molecule has 7 heteroatoms. The number of H-pyrrole nitrogens is 1. The molecule has 1 aromatic heterocycles. The van der Waals surface area contributed by atoms with E-state index in [2.05, 4.69) is 25.3 Å².